The van der Waals surface area contributed by atoms with E-state index in [-0.39, 0.29) is 17.6 Å². The number of hydrogen-bond donors (Lipinski definition) is 0. The number of fused-ring (bicyclic) bond motifs is 1. The first-order valence-corrected chi connectivity index (χ1v) is 12.2. The molecule has 1 aromatic carbocycles. The zero-order chi connectivity index (χ0) is 22.5. The smallest absolute Gasteiger partial charge is 0.405 e. The SMILES string of the molecule is CN(CC1C2CN(CC3CC3)CC21)C(=O)c1cccc(OC(F)(F)F)c1C1CCCCC1. The average Bonchev–Trinajstić information content (AvgIpc) is 3.64. The fraction of sp³-hybridized carbons (Fsp3) is 0.720. The van der Waals surface area contributed by atoms with Gasteiger partial charge in [0.2, 0.25) is 0 Å². The molecular weight excluding hydrogens is 417 g/mol. The number of piperidine rings is 1. The minimum Gasteiger partial charge on any atom is -0.405 e. The van der Waals surface area contributed by atoms with E-state index < -0.39 is 6.36 Å². The molecule has 32 heavy (non-hydrogen) atoms. The second-order valence-electron chi connectivity index (χ2n) is 10.4. The molecule has 2 unspecified atom stereocenters. The van der Waals surface area contributed by atoms with E-state index in [4.69, 9.17) is 0 Å². The van der Waals surface area contributed by atoms with Crippen LogP contribution < -0.4 is 4.74 Å². The van der Waals surface area contributed by atoms with Crippen molar-refractivity contribution in [2.24, 2.45) is 23.7 Å². The standard InChI is InChI=1S/C25H33F3N2O2/c1-29(13-19-20-14-30(15-21(19)20)12-16-10-11-16)24(31)18-8-5-9-22(32-25(26,27)28)23(18)17-6-3-2-4-7-17/h5,8-9,16-17,19-21H,2-4,6-7,10-15H2,1H3. The summed E-state index contributed by atoms with van der Waals surface area (Å²) in [6, 6.07) is 4.54. The van der Waals surface area contributed by atoms with Gasteiger partial charge in [0.1, 0.15) is 5.75 Å². The van der Waals surface area contributed by atoms with Gasteiger partial charge in [-0.05, 0) is 67.4 Å². The lowest BCUT2D eigenvalue weighted by molar-refractivity contribution is -0.275. The Morgan fingerprint density at radius 1 is 1.09 bits per heavy atom. The molecule has 1 heterocycles. The summed E-state index contributed by atoms with van der Waals surface area (Å²) in [5.74, 6) is 2.31. The van der Waals surface area contributed by atoms with Gasteiger partial charge in [-0.2, -0.15) is 0 Å². The Balaban J connectivity index is 1.29. The van der Waals surface area contributed by atoms with Crippen LogP contribution >= 0.6 is 0 Å². The second-order valence-corrected chi connectivity index (χ2v) is 10.4. The molecule has 5 rings (SSSR count). The highest BCUT2D eigenvalue weighted by molar-refractivity contribution is 5.96. The van der Waals surface area contributed by atoms with Crippen LogP contribution in [0.2, 0.25) is 0 Å². The summed E-state index contributed by atoms with van der Waals surface area (Å²) in [5.41, 5.74) is 0.829. The highest BCUT2D eigenvalue weighted by atomic mass is 19.4. The maximum atomic E-state index is 13.4. The molecule has 4 fully saturated rings. The summed E-state index contributed by atoms with van der Waals surface area (Å²) in [6.07, 6.45) is 2.59. The Morgan fingerprint density at radius 3 is 2.41 bits per heavy atom. The molecule has 4 aliphatic rings. The number of nitrogens with zero attached hydrogens (tertiary/aromatic N) is 2. The van der Waals surface area contributed by atoms with Gasteiger partial charge in [-0.1, -0.05) is 25.3 Å². The lowest BCUT2D eigenvalue weighted by atomic mass is 9.81. The van der Waals surface area contributed by atoms with E-state index >= 15 is 0 Å². The predicted molar refractivity (Wildman–Crippen MR) is 116 cm³/mol. The first-order valence-electron chi connectivity index (χ1n) is 12.2. The highest BCUT2D eigenvalue weighted by Crippen LogP contribution is 2.52. The molecule has 0 N–H and O–H groups in total. The molecule has 176 valence electrons. The van der Waals surface area contributed by atoms with Crippen molar-refractivity contribution in [1.82, 2.24) is 9.80 Å². The van der Waals surface area contributed by atoms with E-state index in [0.29, 0.717) is 35.4 Å². The summed E-state index contributed by atoms with van der Waals surface area (Å²) in [4.78, 5) is 17.7. The third kappa shape index (κ3) is 4.78. The molecule has 4 nitrogen and oxygen atoms in total. The molecule has 0 bridgehead atoms. The Labute approximate surface area is 188 Å². The average molecular weight is 451 g/mol. The number of hydrogen-bond acceptors (Lipinski definition) is 3. The monoisotopic (exact) mass is 450 g/mol. The highest BCUT2D eigenvalue weighted by Gasteiger charge is 2.56. The fourth-order valence-corrected chi connectivity index (χ4v) is 6.18. The first kappa shape index (κ1) is 22.1. The molecule has 7 heteroatoms. The number of alkyl halides is 3. The first-order chi connectivity index (χ1) is 15.3. The Kier molecular flexibility index (Phi) is 5.89. The lowest BCUT2D eigenvalue weighted by Crippen LogP contribution is -2.34. The van der Waals surface area contributed by atoms with Crippen LogP contribution in [0, 0.1) is 23.7 Å². The third-order valence-corrected chi connectivity index (χ3v) is 8.03. The summed E-state index contributed by atoms with van der Waals surface area (Å²) in [6.45, 7) is 4.18. The maximum Gasteiger partial charge on any atom is 0.573 e. The van der Waals surface area contributed by atoms with Crippen LogP contribution in [-0.4, -0.2) is 55.3 Å². The number of amides is 1. The van der Waals surface area contributed by atoms with Crippen LogP contribution in [-0.2, 0) is 0 Å². The van der Waals surface area contributed by atoms with E-state index in [1.807, 2.05) is 0 Å². The molecule has 3 aliphatic carbocycles. The van der Waals surface area contributed by atoms with E-state index in [9.17, 15) is 18.0 Å². The van der Waals surface area contributed by atoms with E-state index in [0.717, 1.165) is 51.1 Å². The van der Waals surface area contributed by atoms with Crippen LogP contribution in [0.4, 0.5) is 13.2 Å². The summed E-state index contributed by atoms with van der Waals surface area (Å²) >= 11 is 0. The van der Waals surface area contributed by atoms with Crippen molar-refractivity contribution < 1.29 is 22.7 Å². The molecular formula is C25H33F3N2O2. The Bertz CT molecular complexity index is 836. The molecule has 0 spiro atoms. The Morgan fingerprint density at radius 2 is 1.78 bits per heavy atom. The van der Waals surface area contributed by atoms with Crippen molar-refractivity contribution in [1.29, 1.82) is 0 Å². The maximum absolute atomic E-state index is 13.4. The van der Waals surface area contributed by atoms with Crippen molar-refractivity contribution in [2.75, 3.05) is 33.2 Å². The Hall–Kier alpha value is -1.76. The van der Waals surface area contributed by atoms with Crippen LogP contribution in [0.1, 0.15) is 66.8 Å². The van der Waals surface area contributed by atoms with Crippen molar-refractivity contribution >= 4 is 5.91 Å². The lowest BCUT2D eigenvalue weighted by Gasteiger charge is -2.28. The molecule has 0 radical (unpaired) electrons. The molecule has 1 aromatic rings. The van der Waals surface area contributed by atoms with E-state index in [2.05, 4.69) is 9.64 Å². The van der Waals surface area contributed by atoms with Crippen molar-refractivity contribution in [3.05, 3.63) is 29.3 Å². The van der Waals surface area contributed by atoms with Gasteiger partial charge in [0.15, 0.2) is 0 Å². The van der Waals surface area contributed by atoms with Gasteiger partial charge in [-0.3, -0.25) is 4.79 Å². The van der Waals surface area contributed by atoms with Crippen molar-refractivity contribution in [3.63, 3.8) is 0 Å². The van der Waals surface area contributed by atoms with Gasteiger partial charge < -0.3 is 14.5 Å². The number of rotatable bonds is 7. The van der Waals surface area contributed by atoms with Gasteiger partial charge in [-0.15, -0.1) is 13.2 Å². The second kappa shape index (κ2) is 8.54. The van der Waals surface area contributed by atoms with Gasteiger partial charge in [0.05, 0.1) is 0 Å². The van der Waals surface area contributed by atoms with E-state index in [1.165, 1.54) is 31.5 Å². The molecule has 1 aliphatic heterocycles. The van der Waals surface area contributed by atoms with Crippen LogP contribution in [0.5, 0.6) is 5.75 Å². The summed E-state index contributed by atoms with van der Waals surface area (Å²) in [7, 11) is 1.79. The topological polar surface area (TPSA) is 32.8 Å². The van der Waals surface area contributed by atoms with Crippen molar-refractivity contribution in [2.45, 2.75) is 57.2 Å². The molecule has 1 amide bonds. The van der Waals surface area contributed by atoms with Gasteiger partial charge in [-0.25, -0.2) is 0 Å². The van der Waals surface area contributed by atoms with E-state index in [1.54, 1.807) is 18.0 Å². The largest absolute Gasteiger partial charge is 0.573 e. The molecule has 1 saturated heterocycles. The van der Waals surface area contributed by atoms with Crippen LogP contribution in [0.25, 0.3) is 0 Å². The minimum absolute atomic E-state index is 0.0639. The normalized spacial score (nSPS) is 28.4. The van der Waals surface area contributed by atoms with Gasteiger partial charge >= 0.3 is 6.36 Å². The van der Waals surface area contributed by atoms with Crippen LogP contribution in [0.3, 0.4) is 0 Å². The third-order valence-electron chi connectivity index (χ3n) is 8.03. The number of benzene rings is 1. The van der Waals surface area contributed by atoms with Gasteiger partial charge in [0, 0.05) is 44.4 Å². The number of halogens is 3. The predicted octanol–water partition coefficient (Wildman–Crippen LogP) is 5.29. The molecule has 2 atom stereocenters. The number of carbonyl (C=O) groups excluding carboxylic acids is 1. The number of likely N-dealkylation sites (tertiary alicyclic amines) is 1. The zero-order valence-corrected chi connectivity index (χ0v) is 18.7. The molecule has 0 aromatic heterocycles. The summed E-state index contributed by atoms with van der Waals surface area (Å²) < 4.78 is 43.6. The van der Waals surface area contributed by atoms with Gasteiger partial charge in [0.25, 0.3) is 5.91 Å². The number of ether oxygens (including phenoxy) is 1. The minimum atomic E-state index is -4.77. The molecule has 3 saturated carbocycles. The number of carbonyl (C=O) groups is 1. The quantitative estimate of drug-likeness (QED) is 0.566. The van der Waals surface area contributed by atoms with Crippen LogP contribution in [0.15, 0.2) is 18.2 Å². The van der Waals surface area contributed by atoms with Crippen molar-refractivity contribution in [3.8, 4) is 5.75 Å². The zero-order valence-electron chi connectivity index (χ0n) is 18.7. The summed E-state index contributed by atoms with van der Waals surface area (Å²) in [5, 5.41) is 0. The fourth-order valence-electron chi connectivity index (χ4n) is 6.18.